The van der Waals surface area contributed by atoms with Crippen LogP contribution in [0.2, 0.25) is 0 Å². The molecule has 0 saturated carbocycles. The van der Waals surface area contributed by atoms with Crippen molar-refractivity contribution in [3.63, 3.8) is 0 Å². The number of carbonyl (C=O) groups is 3. The summed E-state index contributed by atoms with van der Waals surface area (Å²) in [5, 5.41) is 0. The van der Waals surface area contributed by atoms with E-state index in [9.17, 15) is 14.4 Å². The van der Waals surface area contributed by atoms with Gasteiger partial charge in [-0.1, -0.05) is 289 Å². The fourth-order valence-corrected chi connectivity index (χ4v) is 9.12. The van der Waals surface area contributed by atoms with Gasteiger partial charge in [0, 0.05) is 19.3 Å². The van der Waals surface area contributed by atoms with Crippen LogP contribution in [0.3, 0.4) is 0 Å². The van der Waals surface area contributed by atoms with E-state index < -0.39 is 6.10 Å². The normalized spacial score (nSPS) is 12.1. The van der Waals surface area contributed by atoms with Gasteiger partial charge in [0.05, 0.1) is 0 Å². The Kier molecular flexibility index (Phi) is 55.7. The fraction of sp³-hybridized carbons (Fsp3) is 0.887. The third-order valence-electron chi connectivity index (χ3n) is 13.7. The van der Waals surface area contributed by atoms with Gasteiger partial charge in [0.2, 0.25) is 0 Å². The zero-order valence-electron chi connectivity index (χ0n) is 45.9. The van der Waals surface area contributed by atoms with E-state index in [1.165, 1.54) is 218 Å². The molecule has 0 bridgehead atoms. The Bertz CT molecular complexity index is 1100. The monoisotopic (exact) mass is 957 g/mol. The molecule has 0 aliphatic heterocycles. The highest BCUT2D eigenvalue weighted by Crippen LogP contribution is 2.17. The molecule has 1 atom stereocenters. The number of carbonyl (C=O) groups excluding carboxylic acids is 3. The lowest BCUT2D eigenvalue weighted by Crippen LogP contribution is -2.30. The third-order valence-corrected chi connectivity index (χ3v) is 13.7. The summed E-state index contributed by atoms with van der Waals surface area (Å²) in [7, 11) is 0. The highest BCUT2D eigenvalue weighted by atomic mass is 16.6. The predicted octanol–water partition coefficient (Wildman–Crippen LogP) is 20.3. The Balaban J connectivity index is 4.34. The van der Waals surface area contributed by atoms with Crippen LogP contribution < -0.4 is 0 Å². The van der Waals surface area contributed by atoms with Crippen molar-refractivity contribution >= 4 is 17.9 Å². The average Bonchev–Trinajstić information content (AvgIpc) is 3.34. The Morgan fingerprint density at radius 2 is 0.529 bits per heavy atom. The molecule has 0 aromatic rings. The zero-order chi connectivity index (χ0) is 49.3. The molecule has 6 heteroatoms. The van der Waals surface area contributed by atoms with E-state index in [1.54, 1.807) is 0 Å². The molecule has 0 rings (SSSR count). The first-order valence-corrected chi connectivity index (χ1v) is 30.3. The van der Waals surface area contributed by atoms with Crippen LogP contribution in [0.25, 0.3) is 0 Å². The van der Waals surface area contributed by atoms with Gasteiger partial charge in [-0.25, -0.2) is 0 Å². The van der Waals surface area contributed by atoms with Gasteiger partial charge < -0.3 is 14.2 Å². The van der Waals surface area contributed by atoms with Crippen LogP contribution in [0.4, 0.5) is 0 Å². The minimum atomic E-state index is -0.772. The maximum Gasteiger partial charge on any atom is 0.306 e. The quantitative estimate of drug-likeness (QED) is 0.0262. The molecule has 1 unspecified atom stereocenters. The highest BCUT2D eigenvalue weighted by molar-refractivity contribution is 5.71. The molecule has 0 fully saturated rings. The molecule has 0 saturated heterocycles. The Morgan fingerprint density at radius 3 is 0.824 bits per heavy atom. The lowest BCUT2D eigenvalue weighted by Gasteiger charge is -2.18. The van der Waals surface area contributed by atoms with E-state index >= 15 is 0 Å². The van der Waals surface area contributed by atoms with Crippen LogP contribution in [0.1, 0.15) is 335 Å². The second-order valence-corrected chi connectivity index (χ2v) is 20.6. The summed E-state index contributed by atoms with van der Waals surface area (Å²) in [6.07, 6.45) is 67.4. The van der Waals surface area contributed by atoms with Crippen LogP contribution in [-0.4, -0.2) is 37.2 Å². The van der Waals surface area contributed by atoms with Crippen molar-refractivity contribution in [1.29, 1.82) is 0 Å². The third kappa shape index (κ3) is 54.8. The molecule has 0 aromatic carbocycles. The van der Waals surface area contributed by atoms with E-state index in [0.29, 0.717) is 19.3 Å². The molecular weight excluding hydrogens is 841 g/mol. The summed E-state index contributed by atoms with van der Waals surface area (Å²) < 4.78 is 16.9. The fourth-order valence-electron chi connectivity index (χ4n) is 9.12. The molecule has 0 N–H and O–H groups in total. The second-order valence-electron chi connectivity index (χ2n) is 20.6. The molecule has 0 radical (unpaired) electrons. The molecule has 0 aliphatic rings. The number of unbranched alkanes of at least 4 members (excludes halogenated alkanes) is 41. The Morgan fingerprint density at radius 1 is 0.294 bits per heavy atom. The topological polar surface area (TPSA) is 78.9 Å². The SMILES string of the molecule is CCCCCC/C=C\C/C=C\CCCCCCCC(=O)OCC(COC(=O)CCCCCCCCCCCCCCCCCCC)OC(=O)CCCCCCCCCCCCCCCCCCC. The van der Waals surface area contributed by atoms with Crippen molar-refractivity contribution < 1.29 is 28.6 Å². The van der Waals surface area contributed by atoms with Crippen molar-refractivity contribution in [3.8, 4) is 0 Å². The van der Waals surface area contributed by atoms with E-state index in [2.05, 4.69) is 45.1 Å². The average molecular weight is 958 g/mol. The minimum Gasteiger partial charge on any atom is -0.462 e. The van der Waals surface area contributed by atoms with Crippen LogP contribution in [0.15, 0.2) is 24.3 Å². The van der Waals surface area contributed by atoms with Gasteiger partial charge in [-0.3, -0.25) is 14.4 Å². The van der Waals surface area contributed by atoms with Crippen LogP contribution >= 0.6 is 0 Å². The molecule has 0 amide bonds. The summed E-state index contributed by atoms with van der Waals surface area (Å²) in [4.78, 5) is 38.2. The molecule has 0 heterocycles. The Labute approximate surface area is 423 Å². The Hall–Kier alpha value is -2.11. The first kappa shape index (κ1) is 65.9. The molecule has 400 valence electrons. The standard InChI is InChI=1S/C62H116O6/c1-4-7-10-13-16-19-22-25-28-31-34-37-40-43-46-49-52-55-61(64)67-58-59(57-66-60(63)54-51-48-45-42-39-36-33-30-27-24-21-18-15-12-9-6-3)68-62(65)56-53-50-47-44-41-38-35-32-29-26-23-20-17-14-11-8-5-2/h21,24,30,33,59H,4-20,22-23,25-29,31-32,34-58H2,1-3H3/b24-21-,33-30-. The molecule has 0 aromatic heterocycles. The van der Waals surface area contributed by atoms with Crippen molar-refractivity contribution in [2.75, 3.05) is 13.2 Å². The molecule has 0 spiro atoms. The highest BCUT2D eigenvalue weighted by Gasteiger charge is 2.19. The second kappa shape index (κ2) is 57.5. The van der Waals surface area contributed by atoms with Crippen LogP contribution in [-0.2, 0) is 28.6 Å². The minimum absolute atomic E-state index is 0.0698. The zero-order valence-corrected chi connectivity index (χ0v) is 45.9. The van der Waals surface area contributed by atoms with Crippen molar-refractivity contribution in [2.24, 2.45) is 0 Å². The number of esters is 3. The molecule has 6 nitrogen and oxygen atoms in total. The number of rotatable bonds is 56. The number of ether oxygens (including phenoxy) is 3. The van der Waals surface area contributed by atoms with E-state index in [4.69, 9.17) is 14.2 Å². The van der Waals surface area contributed by atoms with Gasteiger partial charge >= 0.3 is 17.9 Å². The first-order valence-electron chi connectivity index (χ1n) is 30.3. The molecule has 68 heavy (non-hydrogen) atoms. The van der Waals surface area contributed by atoms with E-state index in [-0.39, 0.29) is 31.1 Å². The van der Waals surface area contributed by atoms with Gasteiger partial charge in [-0.05, 0) is 51.4 Å². The maximum absolute atomic E-state index is 12.9. The van der Waals surface area contributed by atoms with Crippen LogP contribution in [0.5, 0.6) is 0 Å². The largest absolute Gasteiger partial charge is 0.462 e. The van der Waals surface area contributed by atoms with Gasteiger partial charge in [0.15, 0.2) is 6.10 Å². The summed E-state index contributed by atoms with van der Waals surface area (Å²) in [6.45, 7) is 6.67. The number of allylic oxidation sites excluding steroid dienone is 4. The van der Waals surface area contributed by atoms with Crippen molar-refractivity contribution in [2.45, 2.75) is 341 Å². The van der Waals surface area contributed by atoms with Crippen LogP contribution in [0, 0.1) is 0 Å². The number of hydrogen-bond acceptors (Lipinski definition) is 6. The summed E-state index contributed by atoms with van der Waals surface area (Å²) in [6, 6.07) is 0. The lowest BCUT2D eigenvalue weighted by molar-refractivity contribution is -0.167. The van der Waals surface area contributed by atoms with E-state index in [1.807, 2.05) is 0 Å². The van der Waals surface area contributed by atoms with Gasteiger partial charge in [0.25, 0.3) is 0 Å². The van der Waals surface area contributed by atoms with E-state index in [0.717, 1.165) is 77.0 Å². The summed E-state index contributed by atoms with van der Waals surface area (Å²) in [5.74, 6) is -0.859. The number of hydrogen-bond donors (Lipinski definition) is 0. The van der Waals surface area contributed by atoms with Gasteiger partial charge in [0.1, 0.15) is 13.2 Å². The first-order chi connectivity index (χ1) is 33.5. The van der Waals surface area contributed by atoms with Gasteiger partial charge in [-0.15, -0.1) is 0 Å². The smallest absolute Gasteiger partial charge is 0.306 e. The van der Waals surface area contributed by atoms with Crippen molar-refractivity contribution in [1.82, 2.24) is 0 Å². The molecule has 0 aliphatic carbocycles. The lowest BCUT2D eigenvalue weighted by atomic mass is 10.0. The van der Waals surface area contributed by atoms with Gasteiger partial charge in [-0.2, -0.15) is 0 Å². The summed E-state index contributed by atoms with van der Waals surface area (Å²) in [5.41, 5.74) is 0. The summed E-state index contributed by atoms with van der Waals surface area (Å²) >= 11 is 0. The maximum atomic E-state index is 12.9. The molecular formula is C62H116O6. The van der Waals surface area contributed by atoms with Crippen molar-refractivity contribution in [3.05, 3.63) is 24.3 Å². The predicted molar refractivity (Wildman–Crippen MR) is 293 cm³/mol.